The van der Waals surface area contributed by atoms with E-state index in [2.05, 4.69) is 36.2 Å². The lowest BCUT2D eigenvalue weighted by Gasteiger charge is -2.25. The summed E-state index contributed by atoms with van der Waals surface area (Å²) >= 11 is 4.75. The van der Waals surface area contributed by atoms with Gasteiger partial charge in [-0.05, 0) is 49.0 Å². The molecule has 0 radical (unpaired) electrons. The Hall–Kier alpha value is -1.45. The van der Waals surface area contributed by atoms with Crippen molar-refractivity contribution in [2.75, 3.05) is 23.3 Å². The van der Waals surface area contributed by atoms with Gasteiger partial charge in [-0.1, -0.05) is 0 Å². The van der Waals surface area contributed by atoms with Crippen molar-refractivity contribution in [2.24, 2.45) is 7.05 Å². The third-order valence-corrected chi connectivity index (χ3v) is 5.93. The third kappa shape index (κ3) is 4.04. The maximum atomic E-state index is 12.6. The maximum Gasteiger partial charge on any atom is 0.275 e. The molecule has 2 N–H and O–H groups in total. The topological polar surface area (TPSA) is 83.3 Å². The number of aromatic nitrogens is 3. The van der Waals surface area contributed by atoms with Crippen molar-refractivity contribution in [3.05, 3.63) is 20.7 Å². The van der Waals surface area contributed by atoms with Gasteiger partial charge in [0.05, 0.1) is 11.8 Å². The summed E-state index contributed by atoms with van der Waals surface area (Å²) in [4.78, 5) is 19.9. The molecule has 9 heteroatoms. The molecule has 1 unspecified atom stereocenters. The highest BCUT2D eigenvalue weighted by Gasteiger charge is 2.28. The number of anilines is 2. The number of aryl methyl sites for hydroxylation is 2. The average Bonchev–Trinajstić information content (AvgIpc) is 2.99. The molecule has 3 heterocycles. The third-order valence-electron chi connectivity index (χ3n) is 4.50. The van der Waals surface area contributed by atoms with Crippen LogP contribution in [0.5, 0.6) is 0 Å². The van der Waals surface area contributed by atoms with Gasteiger partial charge in [0, 0.05) is 25.0 Å². The first-order valence-electron chi connectivity index (χ1n) is 8.20. The van der Waals surface area contributed by atoms with E-state index in [1.165, 1.54) is 11.3 Å². The molecule has 0 aromatic carbocycles. The molecule has 1 aliphatic rings. The second-order valence-electron chi connectivity index (χ2n) is 6.67. The van der Waals surface area contributed by atoms with Gasteiger partial charge in [-0.15, -0.1) is 11.3 Å². The minimum absolute atomic E-state index is 0.240. The first-order chi connectivity index (χ1) is 11.8. The monoisotopic (exact) mass is 427 g/mol. The van der Waals surface area contributed by atoms with Crippen molar-refractivity contribution in [1.82, 2.24) is 14.8 Å². The smallest absolute Gasteiger partial charge is 0.275 e. The number of amides is 1. The summed E-state index contributed by atoms with van der Waals surface area (Å²) in [6.07, 6.45) is 4.01. The number of halogens is 1. The van der Waals surface area contributed by atoms with Gasteiger partial charge in [0.15, 0.2) is 9.73 Å². The molecule has 3 rings (SSSR count). The number of thiazole rings is 1. The van der Waals surface area contributed by atoms with Crippen LogP contribution in [0.15, 0.2) is 10.1 Å². The predicted octanol–water partition coefficient (Wildman–Crippen LogP) is 2.94. The predicted molar refractivity (Wildman–Crippen MR) is 102 cm³/mol. The van der Waals surface area contributed by atoms with Crippen molar-refractivity contribution in [3.63, 3.8) is 0 Å². The molecular weight excluding hydrogens is 406 g/mol. The number of hydrogen-bond donors (Lipinski definition) is 2. The van der Waals surface area contributed by atoms with E-state index in [4.69, 9.17) is 0 Å². The summed E-state index contributed by atoms with van der Waals surface area (Å²) in [5, 5.41) is 17.5. The highest BCUT2D eigenvalue weighted by atomic mass is 79.9. The Kier molecular flexibility index (Phi) is 5.17. The van der Waals surface area contributed by atoms with Gasteiger partial charge in [-0.3, -0.25) is 9.48 Å². The molecule has 25 heavy (non-hydrogen) atoms. The Morgan fingerprint density at radius 1 is 1.44 bits per heavy atom. The molecule has 1 fully saturated rings. The van der Waals surface area contributed by atoms with Crippen molar-refractivity contribution in [1.29, 1.82) is 0 Å². The lowest BCUT2D eigenvalue weighted by molar-refractivity contribution is 0.0481. The Bertz CT molecular complexity index is 786. The second kappa shape index (κ2) is 7.05. The summed E-state index contributed by atoms with van der Waals surface area (Å²) in [5.41, 5.74) is 0.448. The number of nitrogens with zero attached hydrogens (tertiary/aromatic N) is 4. The fourth-order valence-corrected chi connectivity index (χ4v) is 4.66. The normalized spacial score (nSPS) is 21.2. The maximum absolute atomic E-state index is 12.6. The minimum Gasteiger partial charge on any atom is -0.390 e. The van der Waals surface area contributed by atoms with Crippen LogP contribution in [0.3, 0.4) is 0 Å². The Balaban J connectivity index is 1.82. The number of nitrogens with one attached hydrogen (secondary N) is 1. The number of rotatable bonds is 3. The molecule has 0 saturated carbocycles. The van der Waals surface area contributed by atoms with Gasteiger partial charge in [0.25, 0.3) is 5.91 Å². The molecule has 136 valence electrons. The lowest BCUT2D eigenvalue weighted by Crippen LogP contribution is -2.30. The number of carbonyl (C=O) groups is 1. The van der Waals surface area contributed by atoms with E-state index in [9.17, 15) is 9.90 Å². The fraction of sp³-hybridized carbons (Fsp3) is 0.562. The molecule has 2 aromatic rings. The van der Waals surface area contributed by atoms with Crippen LogP contribution in [-0.2, 0) is 7.05 Å². The lowest BCUT2D eigenvalue weighted by atomic mass is 9.98. The molecule has 0 bridgehead atoms. The van der Waals surface area contributed by atoms with Crippen molar-refractivity contribution < 1.29 is 9.90 Å². The van der Waals surface area contributed by atoms with Crippen LogP contribution in [0.2, 0.25) is 0 Å². The van der Waals surface area contributed by atoms with E-state index in [1.807, 2.05) is 20.9 Å². The Labute approximate surface area is 159 Å². The van der Waals surface area contributed by atoms with E-state index in [0.29, 0.717) is 21.7 Å². The first kappa shape index (κ1) is 18.3. The SMILES string of the molecule is Cc1sc(Br)nc1C(=O)Nc1cnn(C)c1N1CCCC(C)(O)CC1. The number of hydrogen-bond acceptors (Lipinski definition) is 6. The molecule has 7 nitrogen and oxygen atoms in total. The summed E-state index contributed by atoms with van der Waals surface area (Å²) in [5.74, 6) is 0.619. The molecule has 1 aliphatic heterocycles. The van der Waals surface area contributed by atoms with Gasteiger partial charge >= 0.3 is 0 Å². The van der Waals surface area contributed by atoms with E-state index in [1.54, 1.807) is 10.9 Å². The zero-order valence-corrected chi connectivity index (χ0v) is 16.9. The molecule has 1 amide bonds. The minimum atomic E-state index is -0.638. The van der Waals surface area contributed by atoms with Crippen LogP contribution in [-0.4, -0.2) is 44.5 Å². The second-order valence-corrected chi connectivity index (χ2v) is 9.15. The van der Waals surface area contributed by atoms with E-state index >= 15 is 0 Å². The quantitative estimate of drug-likeness (QED) is 0.786. The van der Waals surface area contributed by atoms with Gasteiger partial charge in [-0.2, -0.15) is 5.10 Å². The van der Waals surface area contributed by atoms with Crippen LogP contribution in [0.1, 0.15) is 41.6 Å². The van der Waals surface area contributed by atoms with Gasteiger partial charge in [0.2, 0.25) is 0 Å². The molecular formula is C16H22BrN5O2S. The van der Waals surface area contributed by atoms with E-state index in [0.717, 1.165) is 36.6 Å². The first-order valence-corrected chi connectivity index (χ1v) is 9.81. The van der Waals surface area contributed by atoms with Gasteiger partial charge in [0.1, 0.15) is 11.4 Å². The molecule has 0 spiro atoms. The number of aliphatic hydroxyl groups is 1. The summed E-state index contributed by atoms with van der Waals surface area (Å²) in [6.45, 7) is 5.29. The van der Waals surface area contributed by atoms with Crippen LogP contribution in [0, 0.1) is 6.92 Å². The molecule has 0 aliphatic carbocycles. The molecule has 2 aromatic heterocycles. The van der Waals surface area contributed by atoms with Gasteiger partial charge < -0.3 is 15.3 Å². The zero-order chi connectivity index (χ0) is 18.2. The summed E-state index contributed by atoms with van der Waals surface area (Å²) in [7, 11) is 1.86. The molecule has 1 atom stereocenters. The van der Waals surface area contributed by atoms with Crippen LogP contribution in [0.25, 0.3) is 0 Å². The Morgan fingerprint density at radius 3 is 2.88 bits per heavy atom. The number of carbonyl (C=O) groups excluding carboxylic acids is 1. The van der Waals surface area contributed by atoms with Crippen molar-refractivity contribution >= 4 is 44.7 Å². The standard InChI is InChI=1S/C16H22BrN5O2S/c1-10-12(20-15(17)25-10)13(23)19-11-9-18-21(3)14(11)22-7-4-5-16(2,24)6-8-22/h9,24H,4-8H2,1-3H3,(H,19,23). The van der Waals surface area contributed by atoms with E-state index in [-0.39, 0.29) is 5.91 Å². The van der Waals surface area contributed by atoms with Crippen molar-refractivity contribution in [3.8, 4) is 0 Å². The van der Waals surface area contributed by atoms with Crippen LogP contribution in [0.4, 0.5) is 11.5 Å². The molecule has 1 saturated heterocycles. The summed E-state index contributed by atoms with van der Waals surface area (Å²) in [6, 6.07) is 0. The van der Waals surface area contributed by atoms with Crippen LogP contribution >= 0.6 is 27.3 Å². The average molecular weight is 428 g/mol. The van der Waals surface area contributed by atoms with Crippen LogP contribution < -0.4 is 10.2 Å². The van der Waals surface area contributed by atoms with Gasteiger partial charge in [-0.25, -0.2) is 4.98 Å². The van der Waals surface area contributed by atoms with E-state index < -0.39 is 5.60 Å². The summed E-state index contributed by atoms with van der Waals surface area (Å²) < 4.78 is 2.45. The highest BCUT2D eigenvalue weighted by Crippen LogP contribution is 2.31. The highest BCUT2D eigenvalue weighted by molar-refractivity contribution is 9.11. The Morgan fingerprint density at radius 2 is 2.20 bits per heavy atom. The fourth-order valence-electron chi connectivity index (χ4n) is 3.13. The largest absolute Gasteiger partial charge is 0.390 e. The zero-order valence-electron chi connectivity index (χ0n) is 14.5. The van der Waals surface area contributed by atoms with Crippen molar-refractivity contribution in [2.45, 2.75) is 38.7 Å².